The van der Waals surface area contributed by atoms with E-state index >= 15 is 0 Å². The molecule has 0 spiro atoms. The van der Waals surface area contributed by atoms with Crippen LogP contribution in [0.4, 0.5) is 0 Å². The van der Waals surface area contributed by atoms with Gasteiger partial charge < -0.3 is 9.47 Å². The van der Waals surface area contributed by atoms with Crippen molar-refractivity contribution in [1.82, 2.24) is 0 Å². The fraction of sp³-hybridized carbons (Fsp3) is 0.500. The first-order valence-corrected chi connectivity index (χ1v) is 4.99. The van der Waals surface area contributed by atoms with Gasteiger partial charge in [0.2, 0.25) is 5.79 Å². The average molecular weight is 192 g/mol. The maximum Gasteiger partial charge on any atom is 0.225 e. The Morgan fingerprint density at radius 2 is 1.93 bits per heavy atom. The molecule has 0 unspecified atom stereocenters. The summed E-state index contributed by atoms with van der Waals surface area (Å²) in [4.78, 5) is 0. The highest BCUT2D eigenvalue weighted by molar-refractivity contribution is 5.29. The lowest BCUT2D eigenvalue weighted by molar-refractivity contribution is -0.0149. The number of hydrogen-bond acceptors (Lipinski definition) is 2. The van der Waals surface area contributed by atoms with E-state index in [4.69, 9.17) is 9.47 Å². The molecule has 0 aromatic heterocycles. The molecule has 2 atom stereocenters. The van der Waals surface area contributed by atoms with Crippen molar-refractivity contribution in [2.45, 2.75) is 31.7 Å². The molecule has 2 heteroatoms. The van der Waals surface area contributed by atoms with Gasteiger partial charge in [0, 0.05) is 12.7 Å². The zero-order valence-corrected chi connectivity index (χ0v) is 8.91. The Balaban J connectivity index is 2.34. The average Bonchev–Trinajstić information content (AvgIpc) is 2.88. The molecule has 1 fully saturated rings. The van der Waals surface area contributed by atoms with Gasteiger partial charge >= 0.3 is 0 Å². The van der Waals surface area contributed by atoms with Crippen LogP contribution in [0.5, 0.6) is 0 Å². The van der Waals surface area contributed by atoms with Crippen LogP contribution < -0.4 is 0 Å². The fourth-order valence-corrected chi connectivity index (χ4v) is 1.99. The van der Waals surface area contributed by atoms with Crippen molar-refractivity contribution in [2.75, 3.05) is 7.11 Å². The summed E-state index contributed by atoms with van der Waals surface area (Å²) < 4.78 is 11.3. The molecule has 0 amide bonds. The van der Waals surface area contributed by atoms with E-state index in [1.54, 1.807) is 7.11 Å². The highest BCUT2D eigenvalue weighted by Crippen LogP contribution is 2.57. The van der Waals surface area contributed by atoms with E-state index < -0.39 is 5.79 Å². The summed E-state index contributed by atoms with van der Waals surface area (Å²) in [5.74, 6) is -0.511. The summed E-state index contributed by atoms with van der Waals surface area (Å²) in [6, 6.07) is 10.1. The maximum atomic E-state index is 5.75. The summed E-state index contributed by atoms with van der Waals surface area (Å²) in [7, 11) is 1.70. The fourth-order valence-electron chi connectivity index (χ4n) is 1.99. The van der Waals surface area contributed by atoms with Gasteiger partial charge in [0.15, 0.2) is 0 Å². The molecular weight excluding hydrogens is 176 g/mol. The first-order chi connectivity index (χ1) is 6.68. The van der Waals surface area contributed by atoms with E-state index in [2.05, 4.69) is 13.8 Å². The highest BCUT2D eigenvalue weighted by Gasteiger charge is 2.68. The molecule has 1 aliphatic rings. The number of methoxy groups -OCH3 is 1. The molecule has 1 heterocycles. The van der Waals surface area contributed by atoms with E-state index in [1.165, 1.54) is 0 Å². The van der Waals surface area contributed by atoms with Crippen LogP contribution in [0.25, 0.3) is 0 Å². The normalized spacial score (nSPS) is 35.6. The summed E-state index contributed by atoms with van der Waals surface area (Å²) in [5.41, 5.74) is 0.940. The van der Waals surface area contributed by atoms with E-state index in [-0.39, 0.29) is 5.60 Å². The zero-order chi connectivity index (χ0) is 10.2. The first kappa shape index (κ1) is 9.69. The lowest BCUT2D eigenvalue weighted by Gasteiger charge is -2.14. The predicted molar refractivity (Wildman–Crippen MR) is 54.9 cm³/mol. The number of rotatable bonds is 3. The second-order valence-corrected chi connectivity index (χ2v) is 3.87. The van der Waals surface area contributed by atoms with E-state index in [0.717, 1.165) is 12.0 Å². The molecule has 1 saturated heterocycles. The van der Waals surface area contributed by atoms with Crippen molar-refractivity contribution in [2.24, 2.45) is 0 Å². The molecule has 14 heavy (non-hydrogen) atoms. The molecule has 1 aromatic carbocycles. The van der Waals surface area contributed by atoms with Crippen molar-refractivity contribution in [3.05, 3.63) is 35.9 Å². The molecule has 0 saturated carbocycles. The van der Waals surface area contributed by atoms with E-state index in [0.29, 0.717) is 0 Å². The number of epoxide rings is 1. The second kappa shape index (κ2) is 3.07. The van der Waals surface area contributed by atoms with Gasteiger partial charge in [0.05, 0.1) is 0 Å². The number of hydrogen-bond donors (Lipinski definition) is 0. The minimum Gasteiger partial charge on any atom is -0.347 e. The molecule has 1 aromatic rings. The summed E-state index contributed by atoms with van der Waals surface area (Å²) in [6.45, 7) is 4.20. The lowest BCUT2D eigenvalue weighted by Crippen LogP contribution is -2.22. The summed E-state index contributed by atoms with van der Waals surface area (Å²) in [6.07, 6.45) is 0.954. The van der Waals surface area contributed by atoms with Gasteiger partial charge in [0.25, 0.3) is 0 Å². The molecular formula is C12H16O2. The van der Waals surface area contributed by atoms with Gasteiger partial charge in [-0.25, -0.2) is 0 Å². The Labute approximate surface area is 84.8 Å². The minimum atomic E-state index is -0.511. The quantitative estimate of drug-likeness (QED) is 0.687. The van der Waals surface area contributed by atoms with Crippen molar-refractivity contribution in [3.63, 3.8) is 0 Å². The maximum absolute atomic E-state index is 5.75. The molecule has 2 rings (SSSR count). The Kier molecular flexibility index (Phi) is 2.13. The van der Waals surface area contributed by atoms with Gasteiger partial charge in [-0.15, -0.1) is 0 Å². The SMILES string of the molecule is CC[C@@]1(C)O[C@]1(OC)c1ccccc1. The highest BCUT2D eigenvalue weighted by atomic mass is 16.8. The van der Waals surface area contributed by atoms with Gasteiger partial charge in [-0.05, 0) is 13.3 Å². The Morgan fingerprint density at radius 3 is 2.36 bits per heavy atom. The van der Waals surface area contributed by atoms with Crippen LogP contribution in [-0.4, -0.2) is 12.7 Å². The van der Waals surface area contributed by atoms with Gasteiger partial charge in [-0.1, -0.05) is 37.3 Å². The van der Waals surface area contributed by atoms with E-state index in [1.807, 2.05) is 30.3 Å². The monoisotopic (exact) mass is 192 g/mol. The molecule has 1 aliphatic heterocycles. The summed E-state index contributed by atoms with van der Waals surface area (Å²) >= 11 is 0. The predicted octanol–water partition coefficient (Wildman–Crippen LogP) is 2.68. The third-order valence-corrected chi connectivity index (χ3v) is 3.14. The van der Waals surface area contributed by atoms with Gasteiger partial charge in [0.1, 0.15) is 5.60 Å². The zero-order valence-electron chi connectivity index (χ0n) is 8.91. The van der Waals surface area contributed by atoms with E-state index in [9.17, 15) is 0 Å². The Bertz CT molecular complexity index is 322. The largest absolute Gasteiger partial charge is 0.347 e. The molecule has 0 bridgehead atoms. The van der Waals surface area contributed by atoms with Crippen molar-refractivity contribution < 1.29 is 9.47 Å². The Morgan fingerprint density at radius 1 is 1.29 bits per heavy atom. The van der Waals surface area contributed by atoms with Crippen LogP contribution in [0.3, 0.4) is 0 Å². The Hall–Kier alpha value is -0.860. The first-order valence-electron chi connectivity index (χ1n) is 4.99. The molecule has 0 N–H and O–H groups in total. The smallest absolute Gasteiger partial charge is 0.225 e. The molecule has 76 valence electrons. The van der Waals surface area contributed by atoms with Crippen LogP contribution in [0.1, 0.15) is 25.8 Å². The lowest BCUT2D eigenvalue weighted by atomic mass is 9.95. The van der Waals surface area contributed by atoms with Crippen LogP contribution in [0.2, 0.25) is 0 Å². The minimum absolute atomic E-state index is 0.164. The topological polar surface area (TPSA) is 21.8 Å². The summed E-state index contributed by atoms with van der Waals surface area (Å²) in [5, 5.41) is 0. The standard InChI is InChI=1S/C12H16O2/c1-4-11(2)12(13-3,14-11)10-8-6-5-7-9-10/h5-9H,4H2,1-3H3/t11-,12-/m1/s1. The van der Waals surface area contributed by atoms with Crippen molar-refractivity contribution in [1.29, 1.82) is 0 Å². The molecule has 0 radical (unpaired) electrons. The van der Waals surface area contributed by atoms with Crippen LogP contribution in [0, 0.1) is 0 Å². The van der Waals surface area contributed by atoms with Gasteiger partial charge in [-0.2, -0.15) is 0 Å². The van der Waals surface area contributed by atoms with Crippen molar-refractivity contribution >= 4 is 0 Å². The molecule has 0 aliphatic carbocycles. The third kappa shape index (κ3) is 1.11. The van der Waals surface area contributed by atoms with Crippen molar-refractivity contribution in [3.8, 4) is 0 Å². The third-order valence-electron chi connectivity index (χ3n) is 3.14. The number of benzene rings is 1. The van der Waals surface area contributed by atoms with Crippen LogP contribution >= 0.6 is 0 Å². The molecule has 2 nitrogen and oxygen atoms in total. The number of ether oxygens (including phenoxy) is 2. The second-order valence-electron chi connectivity index (χ2n) is 3.87. The van der Waals surface area contributed by atoms with Gasteiger partial charge in [-0.3, -0.25) is 0 Å². The van der Waals surface area contributed by atoms with Crippen LogP contribution in [0.15, 0.2) is 30.3 Å². The van der Waals surface area contributed by atoms with Crippen LogP contribution in [-0.2, 0) is 15.3 Å².